The second-order valence-electron chi connectivity index (χ2n) is 6.58. The molecule has 1 amide bonds. The van der Waals surface area contributed by atoms with Gasteiger partial charge in [0.2, 0.25) is 0 Å². The number of hydrogen-bond acceptors (Lipinski definition) is 4. The van der Waals surface area contributed by atoms with Crippen LogP contribution in [0.15, 0.2) is 35.2 Å². The lowest BCUT2D eigenvalue weighted by molar-refractivity contribution is 0.139. The topological polar surface area (TPSA) is 86.7 Å². The Hall–Kier alpha value is -2.12. The number of carbonyl (C=O) groups is 1. The summed E-state index contributed by atoms with van der Waals surface area (Å²) in [6.07, 6.45) is -1.09. The number of rotatable bonds is 4. The Balaban J connectivity index is 1.96. The summed E-state index contributed by atoms with van der Waals surface area (Å²) in [6, 6.07) is 9.11. The van der Waals surface area contributed by atoms with E-state index in [-0.39, 0.29) is 11.7 Å². The Morgan fingerprint density at radius 2 is 1.79 bits per heavy atom. The van der Waals surface area contributed by atoms with E-state index >= 15 is 0 Å². The van der Waals surface area contributed by atoms with Crippen LogP contribution in [0.1, 0.15) is 25.0 Å². The van der Waals surface area contributed by atoms with E-state index in [2.05, 4.69) is 5.43 Å². The molecule has 0 saturated carbocycles. The summed E-state index contributed by atoms with van der Waals surface area (Å²) in [5.74, 6) is 0.195. The maximum absolute atomic E-state index is 12.4. The van der Waals surface area contributed by atoms with Gasteiger partial charge in [-0.05, 0) is 52.1 Å². The van der Waals surface area contributed by atoms with Crippen molar-refractivity contribution >= 4 is 26.7 Å². The summed E-state index contributed by atoms with van der Waals surface area (Å²) < 4.78 is 24.8. The maximum atomic E-state index is 12.4. The number of hydrogen-bond donors (Lipinski definition) is 2. The number of nitrogens with one attached hydrogen (secondary N) is 1. The van der Waals surface area contributed by atoms with Crippen LogP contribution in [-0.2, 0) is 22.9 Å². The van der Waals surface area contributed by atoms with Crippen molar-refractivity contribution in [3.63, 3.8) is 0 Å². The second kappa shape index (κ2) is 6.07. The largest absolute Gasteiger partial charge is 0.464 e. The summed E-state index contributed by atoms with van der Waals surface area (Å²) in [5.41, 5.74) is 4.41. The minimum absolute atomic E-state index is 0.0707. The molecule has 1 aliphatic heterocycles. The monoisotopic (exact) mass is 348 g/mol. The zero-order chi connectivity index (χ0) is 17.5. The summed E-state index contributed by atoms with van der Waals surface area (Å²) in [7, 11) is -3.29. The Morgan fingerprint density at radius 1 is 1.17 bits per heavy atom. The minimum atomic E-state index is -3.29. The molecule has 7 heteroatoms. The van der Waals surface area contributed by atoms with Crippen LogP contribution in [0.2, 0.25) is 0 Å². The third-order valence-electron chi connectivity index (χ3n) is 4.02. The van der Waals surface area contributed by atoms with Crippen molar-refractivity contribution in [1.82, 2.24) is 10.4 Å². The van der Waals surface area contributed by atoms with Gasteiger partial charge >= 0.3 is 6.09 Å². The highest BCUT2D eigenvalue weighted by Crippen LogP contribution is 2.29. The molecule has 6 nitrogen and oxygen atoms in total. The molecule has 1 heterocycles. The van der Waals surface area contributed by atoms with E-state index in [0.717, 1.165) is 21.9 Å². The Labute approximate surface area is 141 Å². The quantitative estimate of drug-likeness (QED) is 0.887. The van der Waals surface area contributed by atoms with Crippen LogP contribution in [-0.4, -0.2) is 30.4 Å². The average Bonchev–Trinajstić information content (AvgIpc) is 2.82. The molecule has 1 aliphatic rings. The molecule has 24 heavy (non-hydrogen) atoms. The van der Waals surface area contributed by atoms with Gasteiger partial charge in [0.05, 0.1) is 10.6 Å². The normalized spacial score (nSPS) is 15.0. The number of carboxylic acid groups (broad SMARTS) is 1. The van der Waals surface area contributed by atoms with Crippen LogP contribution in [0.4, 0.5) is 4.79 Å². The predicted octanol–water partition coefficient (Wildman–Crippen LogP) is 2.77. The molecule has 0 atom stereocenters. The zero-order valence-corrected chi connectivity index (χ0v) is 14.4. The number of amides is 1. The molecular formula is C17H20N2O4S. The van der Waals surface area contributed by atoms with Gasteiger partial charge in [0.1, 0.15) is 0 Å². The van der Waals surface area contributed by atoms with Gasteiger partial charge in [-0.15, -0.1) is 0 Å². The van der Waals surface area contributed by atoms with E-state index in [4.69, 9.17) is 5.11 Å². The molecule has 2 N–H and O–H groups in total. The molecule has 2 aromatic rings. The number of benzene rings is 2. The van der Waals surface area contributed by atoms with Gasteiger partial charge in [-0.3, -0.25) is 5.43 Å². The van der Waals surface area contributed by atoms with Gasteiger partial charge in [0.25, 0.3) is 0 Å². The molecule has 128 valence electrons. The molecule has 0 bridgehead atoms. The van der Waals surface area contributed by atoms with Gasteiger partial charge in [-0.2, -0.15) is 0 Å². The Kier molecular flexibility index (Phi) is 4.23. The molecule has 0 aromatic heterocycles. The third-order valence-corrected chi connectivity index (χ3v) is 6.10. The molecule has 0 fully saturated rings. The van der Waals surface area contributed by atoms with E-state index in [0.29, 0.717) is 18.0 Å². The third kappa shape index (κ3) is 3.37. The van der Waals surface area contributed by atoms with Gasteiger partial charge in [-0.1, -0.05) is 19.9 Å². The van der Waals surface area contributed by atoms with E-state index in [1.807, 2.05) is 32.0 Å². The van der Waals surface area contributed by atoms with Crippen molar-refractivity contribution in [1.29, 1.82) is 0 Å². The lowest BCUT2D eigenvalue weighted by Gasteiger charge is -2.12. The van der Waals surface area contributed by atoms with Crippen LogP contribution in [0, 0.1) is 5.92 Å². The fourth-order valence-electron chi connectivity index (χ4n) is 3.07. The van der Waals surface area contributed by atoms with Crippen molar-refractivity contribution in [3.8, 4) is 0 Å². The number of nitrogens with zero attached hydrogens (tertiary/aromatic N) is 1. The van der Waals surface area contributed by atoms with E-state index < -0.39 is 15.9 Å². The van der Waals surface area contributed by atoms with Crippen molar-refractivity contribution in [2.24, 2.45) is 5.92 Å². The predicted molar refractivity (Wildman–Crippen MR) is 91.2 cm³/mol. The fourth-order valence-corrected chi connectivity index (χ4v) is 4.73. The van der Waals surface area contributed by atoms with Crippen molar-refractivity contribution in [2.75, 3.05) is 5.75 Å². The highest BCUT2D eigenvalue weighted by Gasteiger charge is 2.22. The standard InChI is InChI=1S/C17H20N2O4S/c1-11(2)10-24(22,23)16-4-3-12-5-14-8-19(18-17(20)21)9-15(14)6-13(12)7-16/h3-7,11,18H,8-10H2,1-2H3,(H,20,21). The highest BCUT2D eigenvalue weighted by atomic mass is 32.2. The van der Waals surface area contributed by atoms with Crippen LogP contribution in [0.5, 0.6) is 0 Å². The zero-order valence-electron chi connectivity index (χ0n) is 13.6. The lowest BCUT2D eigenvalue weighted by atomic mass is 10.0. The Bertz CT molecular complexity index is 906. The number of hydrazine groups is 1. The summed E-state index contributed by atoms with van der Waals surface area (Å²) in [4.78, 5) is 11.1. The summed E-state index contributed by atoms with van der Waals surface area (Å²) in [5, 5.41) is 12.2. The SMILES string of the molecule is CC(C)CS(=O)(=O)c1ccc2cc3c(cc2c1)CN(NC(=O)O)C3. The average molecular weight is 348 g/mol. The van der Waals surface area contributed by atoms with Crippen LogP contribution in [0.3, 0.4) is 0 Å². The van der Waals surface area contributed by atoms with Gasteiger partial charge in [-0.25, -0.2) is 18.2 Å². The first-order valence-electron chi connectivity index (χ1n) is 7.77. The van der Waals surface area contributed by atoms with Crippen molar-refractivity contribution < 1.29 is 18.3 Å². The molecule has 0 unspecified atom stereocenters. The first-order chi connectivity index (χ1) is 11.2. The van der Waals surface area contributed by atoms with Gasteiger partial charge in [0.15, 0.2) is 9.84 Å². The van der Waals surface area contributed by atoms with Crippen LogP contribution >= 0.6 is 0 Å². The van der Waals surface area contributed by atoms with Crippen molar-refractivity contribution in [2.45, 2.75) is 31.8 Å². The minimum Gasteiger partial charge on any atom is -0.464 e. The molecule has 3 rings (SSSR count). The van der Waals surface area contributed by atoms with E-state index in [1.165, 1.54) is 0 Å². The smallest absolute Gasteiger partial charge is 0.419 e. The molecule has 0 radical (unpaired) electrons. The van der Waals surface area contributed by atoms with Crippen LogP contribution < -0.4 is 5.43 Å². The molecular weight excluding hydrogens is 328 g/mol. The van der Waals surface area contributed by atoms with E-state index in [1.54, 1.807) is 17.1 Å². The summed E-state index contributed by atoms with van der Waals surface area (Å²) >= 11 is 0. The van der Waals surface area contributed by atoms with Gasteiger partial charge in [0, 0.05) is 13.1 Å². The van der Waals surface area contributed by atoms with Crippen LogP contribution in [0.25, 0.3) is 10.8 Å². The molecule has 2 aromatic carbocycles. The van der Waals surface area contributed by atoms with Gasteiger partial charge < -0.3 is 5.11 Å². The molecule has 0 saturated heterocycles. The maximum Gasteiger partial charge on any atom is 0.419 e. The van der Waals surface area contributed by atoms with Crippen molar-refractivity contribution in [3.05, 3.63) is 41.5 Å². The fraction of sp³-hybridized carbons (Fsp3) is 0.353. The highest BCUT2D eigenvalue weighted by molar-refractivity contribution is 7.91. The summed E-state index contributed by atoms with van der Waals surface area (Å²) in [6.45, 7) is 4.75. The number of sulfone groups is 1. The number of fused-ring (bicyclic) bond motifs is 2. The van der Waals surface area contributed by atoms with E-state index in [9.17, 15) is 13.2 Å². The first-order valence-corrected chi connectivity index (χ1v) is 9.42. The Morgan fingerprint density at radius 3 is 2.38 bits per heavy atom. The lowest BCUT2D eigenvalue weighted by Crippen LogP contribution is -2.37. The molecule has 0 spiro atoms. The second-order valence-corrected chi connectivity index (χ2v) is 8.61. The first kappa shape index (κ1) is 16.7. The molecule has 0 aliphatic carbocycles.